The van der Waals surface area contributed by atoms with Gasteiger partial charge in [0, 0.05) is 18.9 Å². The monoisotopic (exact) mass is 298 g/mol. The van der Waals surface area contributed by atoms with Crippen LogP contribution in [-0.4, -0.2) is 20.7 Å². The van der Waals surface area contributed by atoms with Gasteiger partial charge in [0.25, 0.3) is 0 Å². The molecule has 20 heavy (non-hydrogen) atoms. The summed E-state index contributed by atoms with van der Waals surface area (Å²) >= 11 is 0. The first-order chi connectivity index (χ1) is 9.15. The van der Waals surface area contributed by atoms with Gasteiger partial charge in [0.15, 0.2) is 8.32 Å². The van der Waals surface area contributed by atoms with E-state index in [1.54, 1.807) is 0 Å². The highest BCUT2D eigenvalue weighted by Gasteiger charge is 2.36. The molecule has 0 aliphatic heterocycles. The molecule has 0 spiro atoms. The van der Waals surface area contributed by atoms with Gasteiger partial charge in [0.2, 0.25) is 0 Å². The number of unbranched alkanes of at least 4 members (excludes halogenated alkanes) is 1. The van der Waals surface area contributed by atoms with E-state index in [4.69, 9.17) is 4.43 Å². The molecule has 1 saturated carbocycles. The summed E-state index contributed by atoms with van der Waals surface area (Å²) < 4.78 is 6.19. The van der Waals surface area contributed by atoms with Gasteiger partial charge in [-0.25, -0.2) is 0 Å². The molecule has 0 amide bonds. The summed E-state index contributed by atoms with van der Waals surface area (Å²) in [5.74, 6) is 1.43. The molecule has 3 heteroatoms. The largest absolute Gasteiger partial charge is 0.417 e. The fourth-order valence-electron chi connectivity index (χ4n) is 2.76. The Labute approximate surface area is 126 Å². The van der Waals surface area contributed by atoms with Crippen molar-refractivity contribution in [1.29, 1.82) is 0 Å². The van der Waals surface area contributed by atoms with Crippen LogP contribution in [0.15, 0.2) is 0 Å². The summed E-state index contributed by atoms with van der Waals surface area (Å²) in [4.78, 5) is 11.9. The van der Waals surface area contributed by atoms with Crippen LogP contribution in [0.2, 0.25) is 18.1 Å². The minimum absolute atomic E-state index is 0.293. The summed E-state index contributed by atoms with van der Waals surface area (Å²) in [5.41, 5.74) is 0. The van der Waals surface area contributed by atoms with Gasteiger partial charge in [-0.05, 0) is 49.7 Å². The lowest BCUT2D eigenvalue weighted by Crippen LogP contribution is -2.41. The minimum atomic E-state index is -1.59. The van der Waals surface area contributed by atoms with Crippen LogP contribution < -0.4 is 0 Å². The fourth-order valence-corrected chi connectivity index (χ4v) is 3.85. The number of rotatable bonds is 6. The molecule has 0 N–H and O–H groups in total. The molecule has 0 heterocycles. The summed E-state index contributed by atoms with van der Waals surface area (Å²) in [7, 11) is -1.59. The van der Waals surface area contributed by atoms with Crippen molar-refractivity contribution >= 4 is 14.1 Å². The number of hydrogen-bond acceptors (Lipinski definition) is 2. The molecular weight excluding hydrogens is 264 g/mol. The van der Waals surface area contributed by atoms with Gasteiger partial charge in [-0.1, -0.05) is 34.1 Å². The highest BCUT2D eigenvalue weighted by atomic mass is 28.4. The quantitative estimate of drug-likeness (QED) is 0.498. The Morgan fingerprint density at radius 2 is 1.90 bits per heavy atom. The van der Waals surface area contributed by atoms with Crippen molar-refractivity contribution in [2.45, 2.75) is 84.4 Å². The smallest absolute Gasteiger partial charge is 0.191 e. The van der Waals surface area contributed by atoms with E-state index in [1.807, 2.05) is 0 Å². The van der Waals surface area contributed by atoms with Crippen LogP contribution in [-0.2, 0) is 9.22 Å². The zero-order chi connectivity index (χ0) is 15.4. The van der Waals surface area contributed by atoms with E-state index in [0.29, 0.717) is 22.7 Å². The first kappa shape index (κ1) is 17.9. The van der Waals surface area contributed by atoms with Gasteiger partial charge in [-0.2, -0.15) is 0 Å². The SMILES string of the molecule is C[C@@H]1CCCC(=O)[C@H]1CCCCO[Si](C)(C)C(C)(C)C. The highest BCUT2D eigenvalue weighted by Crippen LogP contribution is 2.36. The number of carbonyl (C=O) groups excluding carboxylic acids is 1. The molecule has 0 aromatic rings. The Hall–Kier alpha value is -0.153. The molecule has 0 aromatic carbocycles. The summed E-state index contributed by atoms with van der Waals surface area (Å²) in [6.45, 7) is 14.6. The summed E-state index contributed by atoms with van der Waals surface area (Å²) in [5, 5.41) is 0.293. The molecule has 0 radical (unpaired) electrons. The van der Waals surface area contributed by atoms with Crippen LogP contribution in [0.5, 0.6) is 0 Å². The van der Waals surface area contributed by atoms with Crippen LogP contribution in [0.1, 0.15) is 66.2 Å². The zero-order valence-electron chi connectivity index (χ0n) is 14.4. The van der Waals surface area contributed by atoms with Crippen LogP contribution in [0, 0.1) is 11.8 Å². The lowest BCUT2D eigenvalue weighted by molar-refractivity contribution is -0.126. The molecule has 1 aliphatic rings. The lowest BCUT2D eigenvalue weighted by atomic mass is 9.77. The maximum atomic E-state index is 11.9. The van der Waals surface area contributed by atoms with E-state index in [2.05, 4.69) is 40.8 Å². The van der Waals surface area contributed by atoms with Gasteiger partial charge >= 0.3 is 0 Å². The second kappa shape index (κ2) is 7.21. The van der Waals surface area contributed by atoms with E-state index >= 15 is 0 Å². The van der Waals surface area contributed by atoms with E-state index in [0.717, 1.165) is 38.7 Å². The standard InChI is InChI=1S/C17H34O2Si/c1-14-10-9-12-16(18)15(14)11-7-8-13-19-20(5,6)17(2,3)4/h14-15H,7-13H2,1-6H3/t14-,15+/m1/s1. The third-order valence-electron chi connectivity index (χ3n) is 5.36. The fraction of sp³-hybridized carbons (Fsp3) is 0.941. The van der Waals surface area contributed by atoms with Gasteiger partial charge < -0.3 is 4.43 Å². The molecule has 1 aliphatic carbocycles. The van der Waals surface area contributed by atoms with Gasteiger partial charge in [0.05, 0.1) is 0 Å². The van der Waals surface area contributed by atoms with E-state index < -0.39 is 8.32 Å². The van der Waals surface area contributed by atoms with E-state index in [9.17, 15) is 4.79 Å². The number of hydrogen-bond donors (Lipinski definition) is 0. The Balaban J connectivity index is 2.24. The Kier molecular flexibility index (Phi) is 6.46. The first-order valence-electron chi connectivity index (χ1n) is 8.32. The van der Waals surface area contributed by atoms with Crippen molar-refractivity contribution in [3.63, 3.8) is 0 Å². The lowest BCUT2D eigenvalue weighted by Gasteiger charge is -2.36. The van der Waals surface area contributed by atoms with Crippen LogP contribution in [0.3, 0.4) is 0 Å². The number of carbonyl (C=O) groups is 1. The Morgan fingerprint density at radius 3 is 2.45 bits per heavy atom. The average Bonchev–Trinajstić information content (AvgIpc) is 2.30. The molecular formula is C17H34O2Si. The van der Waals surface area contributed by atoms with Crippen molar-refractivity contribution < 1.29 is 9.22 Å². The number of ketones is 1. The number of Topliss-reactive ketones (excluding diaryl/α,β-unsaturated/α-hetero) is 1. The molecule has 2 nitrogen and oxygen atoms in total. The molecule has 2 atom stereocenters. The second-order valence-electron chi connectivity index (χ2n) is 8.05. The third kappa shape index (κ3) is 4.99. The van der Waals surface area contributed by atoms with Crippen LogP contribution >= 0.6 is 0 Å². The molecule has 0 saturated heterocycles. The van der Waals surface area contributed by atoms with E-state index in [-0.39, 0.29) is 0 Å². The third-order valence-corrected chi connectivity index (χ3v) is 9.90. The second-order valence-corrected chi connectivity index (χ2v) is 12.9. The normalized spacial score (nSPS) is 25.0. The molecule has 0 aromatic heterocycles. The molecule has 0 bridgehead atoms. The molecule has 1 rings (SSSR count). The van der Waals surface area contributed by atoms with Crippen molar-refractivity contribution in [2.24, 2.45) is 11.8 Å². The first-order valence-corrected chi connectivity index (χ1v) is 11.2. The van der Waals surface area contributed by atoms with Crippen molar-refractivity contribution in [3.8, 4) is 0 Å². The van der Waals surface area contributed by atoms with Gasteiger partial charge in [-0.15, -0.1) is 0 Å². The predicted octanol–water partition coefficient (Wildman–Crippen LogP) is 5.18. The van der Waals surface area contributed by atoms with Crippen LogP contribution in [0.25, 0.3) is 0 Å². The maximum absolute atomic E-state index is 11.9. The average molecular weight is 299 g/mol. The molecule has 1 fully saturated rings. The molecule has 118 valence electrons. The Morgan fingerprint density at radius 1 is 1.25 bits per heavy atom. The van der Waals surface area contributed by atoms with E-state index in [1.165, 1.54) is 6.42 Å². The molecule has 0 unspecified atom stereocenters. The minimum Gasteiger partial charge on any atom is -0.417 e. The van der Waals surface area contributed by atoms with Gasteiger partial charge in [-0.3, -0.25) is 4.79 Å². The summed E-state index contributed by atoms with van der Waals surface area (Å²) in [6.07, 6.45) is 6.45. The van der Waals surface area contributed by atoms with Crippen molar-refractivity contribution in [3.05, 3.63) is 0 Å². The highest BCUT2D eigenvalue weighted by molar-refractivity contribution is 6.74. The Bertz CT molecular complexity index is 317. The predicted molar refractivity (Wildman–Crippen MR) is 88.5 cm³/mol. The van der Waals surface area contributed by atoms with Crippen molar-refractivity contribution in [2.75, 3.05) is 6.61 Å². The van der Waals surface area contributed by atoms with Gasteiger partial charge in [0.1, 0.15) is 5.78 Å². The summed E-state index contributed by atoms with van der Waals surface area (Å²) in [6, 6.07) is 0. The topological polar surface area (TPSA) is 26.3 Å². The maximum Gasteiger partial charge on any atom is 0.191 e. The zero-order valence-corrected chi connectivity index (χ0v) is 15.4. The van der Waals surface area contributed by atoms with Crippen molar-refractivity contribution in [1.82, 2.24) is 0 Å². The van der Waals surface area contributed by atoms with Crippen LogP contribution in [0.4, 0.5) is 0 Å².